The summed E-state index contributed by atoms with van der Waals surface area (Å²) in [5.74, 6) is 0.965. The highest BCUT2D eigenvalue weighted by atomic mass is 127. The quantitative estimate of drug-likeness (QED) is 0.373. The predicted octanol–water partition coefficient (Wildman–Crippen LogP) is 3.41. The van der Waals surface area contributed by atoms with Crippen molar-refractivity contribution in [2.45, 2.75) is 38.5 Å². The molecule has 0 amide bonds. The average molecular weight is 524 g/mol. The third-order valence-corrected chi connectivity index (χ3v) is 4.96. The number of aliphatic imine (C=N–C) groups is 1. The van der Waals surface area contributed by atoms with Crippen LogP contribution in [0.3, 0.4) is 0 Å². The molecular formula is C18H27BrIN3O2. The highest BCUT2D eigenvalue weighted by Gasteiger charge is 2.32. The van der Waals surface area contributed by atoms with Gasteiger partial charge in [-0.2, -0.15) is 0 Å². The summed E-state index contributed by atoms with van der Waals surface area (Å²) in [4.78, 5) is 7.12. The molecule has 140 valence electrons. The highest BCUT2D eigenvalue weighted by Crippen LogP contribution is 2.21. The van der Waals surface area contributed by atoms with Crippen LogP contribution in [-0.2, 0) is 16.0 Å². The first kappa shape index (κ1) is 20.9. The van der Waals surface area contributed by atoms with Gasteiger partial charge in [0.1, 0.15) is 6.10 Å². The van der Waals surface area contributed by atoms with Crippen LogP contribution in [0.15, 0.2) is 33.7 Å². The second-order valence-corrected chi connectivity index (χ2v) is 7.12. The zero-order valence-electron chi connectivity index (χ0n) is 14.6. The number of hydrogen-bond acceptors (Lipinski definition) is 3. The molecule has 2 aliphatic rings. The van der Waals surface area contributed by atoms with E-state index in [0.29, 0.717) is 6.54 Å². The summed E-state index contributed by atoms with van der Waals surface area (Å²) >= 11 is 3.47. The van der Waals surface area contributed by atoms with Gasteiger partial charge < -0.3 is 19.7 Å². The van der Waals surface area contributed by atoms with Gasteiger partial charge in [-0.25, -0.2) is 4.99 Å². The minimum absolute atomic E-state index is 0. The summed E-state index contributed by atoms with van der Waals surface area (Å²) in [6, 6.07) is 8.32. The third kappa shape index (κ3) is 6.08. The number of benzene rings is 1. The van der Waals surface area contributed by atoms with Crippen molar-refractivity contribution in [3.63, 3.8) is 0 Å². The Labute approximate surface area is 175 Å². The van der Waals surface area contributed by atoms with Crippen molar-refractivity contribution in [2.24, 2.45) is 4.99 Å². The van der Waals surface area contributed by atoms with Gasteiger partial charge in [0.15, 0.2) is 5.96 Å². The van der Waals surface area contributed by atoms with Gasteiger partial charge in [0.2, 0.25) is 0 Å². The van der Waals surface area contributed by atoms with Crippen molar-refractivity contribution in [1.29, 1.82) is 0 Å². The van der Waals surface area contributed by atoms with Crippen LogP contribution in [0.1, 0.15) is 25.3 Å². The molecular weight excluding hydrogens is 497 g/mol. The van der Waals surface area contributed by atoms with Crippen molar-refractivity contribution < 1.29 is 9.47 Å². The Balaban J connectivity index is 0.00000225. The maximum absolute atomic E-state index is 5.94. The minimum atomic E-state index is 0. The van der Waals surface area contributed by atoms with Crippen LogP contribution in [0.5, 0.6) is 0 Å². The average Bonchev–Trinajstić information content (AvgIpc) is 3.15. The SMILES string of the molecule is CCNC(=NCc1ccc(Br)cc1)N1CCOC(C2CCCO2)C1.I. The fourth-order valence-corrected chi connectivity index (χ4v) is 3.43. The molecule has 2 unspecified atom stereocenters. The molecule has 3 rings (SSSR count). The molecule has 7 heteroatoms. The molecule has 2 aliphatic heterocycles. The van der Waals surface area contributed by atoms with Gasteiger partial charge in [-0.15, -0.1) is 24.0 Å². The lowest BCUT2D eigenvalue weighted by Crippen LogP contribution is -2.53. The first-order chi connectivity index (χ1) is 11.8. The van der Waals surface area contributed by atoms with Gasteiger partial charge >= 0.3 is 0 Å². The van der Waals surface area contributed by atoms with Crippen LogP contribution >= 0.6 is 39.9 Å². The zero-order chi connectivity index (χ0) is 16.8. The molecule has 1 aromatic rings. The van der Waals surface area contributed by atoms with Crippen LogP contribution in [-0.4, -0.2) is 55.9 Å². The normalized spacial score (nSPS) is 24.1. The second-order valence-electron chi connectivity index (χ2n) is 6.20. The summed E-state index contributed by atoms with van der Waals surface area (Å²) < 4.78 is 12.8. The Hall–Kier alpha value is -0.380. The smallest absolute Gasteiger partial charge is 0.194 e. The number of ether oxygens (including phenoxy) is 2. The lowest BCUT2D eigenvalue weighted by Gasteiger charge is -2.37. The molecule has 0 aliphatic carbocycles. The van der Waals surface area contributed by atoms with E-state index in [-0.39, 0.29) is 36.2 Å². The maximum Gasteiger partial charge on any atom is 0.194 e. The van der Waals surface area contributed by atoms with Crippen molar-refractivity contribution in [3.8, 4) is 0 Å². The van der Waals surface area contributed by atoms with Crippen LogP contribution in [0.2, 0.25) is 0 Å². The molecule has 0 spiro atoms. The van der Waals surface area contributed by atoms with E-state index in [2.05, 4.69) is 57.3 Å². The summed E-state index contributed by atoms with van der Waals surface area (Å²) in [7, 11) is 0. The topological polar surface area (TPSA) is 46.1 Å². The number of nitrogens with zero attached hydrogens (tertiary/aromatic N) is 2. The monoisotopic (exact) mass is 523 g/mol. The maximum atomic E-state index is 5.94. The Morgan fingerprint density at radius 1 is 1.24 bits per heavy atom. The first-order valence-corrected chi connectivity index (χ1v) is 9.56. The fourth-order valence-electron chi connectivity index (χ4n) is 3.17. The van der Waals surface area contributed by atoms with Gasteiger partial charge in [-0.05, 0) is 37.5 Å². The molecule has 1 N–H and O–H groups in total. The zero-order valence-corrected chi connectivity index (χ0v) is 18.5. The van der Waals surface area contributed by atoms with Gasteiger partial charge in [0.05, 0.1) is 19.3 Å². The van der Waals surface area contributed by atoms with E-state index in [1.54, 1.807) is 0 Å². The first-order valence-electron chi connectivity index (χ1n) is 8.77. The molecule has 2 fully saturated rings. The predicted molar refractivity (Wildman–Crippen MR) is 115 cm³/mol. The standard InChI is InChI=1S/C18H26BrN3O2.HI/c1-2-20-18(21-12-14-5-7-15(19)8-6-14)22-9-11-24-17(13-22)16-4-3-10-23-16;/h5-8,16-17H,2-4,9-13H2,1H3,(H,20,21);1H. The van der Waals surface area contributed by atoms with Gasteiger partial charge in [0.25, 0.3) is 0 Å². The number of morpholine rings is 1. The Morgan fingerprint density at radius 2 is 2.00 bits per heavy atom. The Kier molecular flexibility index (Phi) is 8.95. The fraction of sp³-hybridized carbons (Fsp3) is 0.611. The van der Waals surface area contributed by atoms with E-state index in [0.717, 1.165) is 56.1 Å². The molecule has 2 heterocycles. The van der Waals surface area contributed by atoms with E-state index < -0.39 is 0 Å². The molecule has 0 bridgehead atoms. The van der Waals surface area contributed by atoms with E-state index in [1.165, 1.54) is 5.56 Å². The van der Waals surface area contributed by atoms with E-state index in [9.17, 15) is 0 Å². The van der Waals surface area contributed by atoms with E-state index >= 15 is 0 Å². The largest absolute Gasteiger partial charge is 0.375 e. The van der Waals surface area contributed by atoms with Crippen LogP contribution in [0.25, 0.3) is 0 Å². The van der Waals surface area contributed by atoms with Gasteiger partial charge in [-0.1, -0.05) is 28.1 Å². The second kappa shape index (κ2) is 10.7. The molecule has 1 aromatic carbocycles. The Morgan fingerprint density at radius 3 is 2.68 bits per heavy atom. The third-order valence-electron chi connectivity index (χ3n) is 4.43. The molecule has 2 atom stereocenters. The minimum Gasteiger partial charge on any atom is -0.375 e. The lowest BCUT2D eigenvalue weighted by molar-refractivity contribution is -0.0817. The number of halogens is 2. The molecule has 2 saturated heterocycles. The van der Waals surface area contributed by atoms with Crippen LogP contribution in [0.4, 0.5) is 0 Å². The lowest BCUT2D eigenvalue weighted by atomic mass is 10.1. The summed E-state index contributed by atoms with van der Waals surface area (Å²) in [6.45, 7) is 6.95. The van der Waals surface area contributed by atoms with Crippen LogP contribution in [0, 0.1) is 0 Å². The van der Waals surface area contributed by atoms with Gasteiger partial charge in [-0.3, -0.25) is 0 Å². The number of hydrogen-bond donors (Lipinski definition) is 1. The Bertz CT molecular complexity index is 550. The number of rotatable bonds is 4. The summed E-state index contributed by atoms with van der Waals surface area (Å²) in [6.07, 6.45) is 2.63. The van der Waals surface area contributed by atoms with Crippen LogP contribution < -0.4 is 5.32 Å². The molecule has 0 saturated carbocycles. The molecule has 0 aromatic heterocycles. The van der Waals surface area contributed by atoms with E-state index in [1.807, 2.05) is 0 Å². The summed E-state index contributed by atoms with van der Waals surface area (Å²) in [5.41, 5.74) is 1.21. The number of nitrogens with one attached hydrogen (secondary N) is 1. The number of guanidine groups is 1. The van der Waals surface area contributed by atoms with Crippen molar-refractivity contribution in [3.05, 3.63) is 34.3 Å². The summed E-state index contributed by atoms with van der Waals surface area (Å²) in [5, 5.41) is 3.42. The van der Waals surface area contributed by atoms with Gasteiger partial charge in [0, 0.05) is 30.7 Å². The molecule has 5 nitrogen and oxygen atoms in total. The van der Waals surface area contributed by atoms with Crippen molar-refractivity contribution in [2.75, 3.05) is 32.8 Å². The van der Waals surface area contributed by atoms with Crippen molar-refractivity contribution >= 4 is 45.9 Å². The van der Waals surface area contributed by atoms with Crippen molar-refractivity contribution in [1.82, 2.24) is 10.2 Å². The molecule has 25 heavy (non-hydrogen) atoms. The molecule has 0 radical (unpaired) electrons. The van der Waals surface area contributed by atoms with E-state index in [4.69, 9.17) is 14.5 Å². The highest BCUT2D eigenvalue weighted by molar-refractivity contribution is 14.0.